The molecule has 152 valence electrons. The zero-order valence-electron chi connectivity index (χ0n) is 16.6. The molecule has 2 aliphatic rings. The van der Waals surface area contributed by atoms with E-state index in [0.717, 1.165) is 44.0 Å². The minimum atomic E-state index is -0.832. The third-order valence-corrected chi connectivity index (χ3v) is 5.46. The van der Waals surface area contributed by atoms with Crippen LogP contribution >= 0.6 is 0 Å². The Labute approximate surface area is 164 Å². The molecule has 0 aromatic carbocycles. The highest BCUT2D eigenvalue weighted by molar-refractivity contribution is 6.07. The van der Waals surface area contributed by atoms with Crippen molar-refractivity contribution in [2.24, 2.45) is 10.9 Å². The highest BCUT2D eigenvalue weighted by Crippen LogP contribution is 2.30. The molecule has 0 radical (unpaired) electrons. The summed E-state index contributed by atoms with van der Waals surface area (Å²) in [5.41, 5.74) is 0.0926. The maximum Gasteiger partial charge on any atom is 0.322 e. The van der Waals surface area contributed by atoms with E-state index in [1.165, 1.54) is 0 Å². The lowest BCUT2D eigenvalue weighted by molar-refractivity contribution is -0.125. The fourth-order valence-electron chi connectivity index (χ4n) is 3.83. The van der Waals surface area contributed by atoms with Crippen molar-refractivity contribution in [2.45, 2.75) is 38.8 Å². The van der Waals surface area contributed by atoms with Crippen LogP contribution in [0.2, 0.25) is 0 Å². The van der Waals surface area contributed by atoms with Gasteiger partial charge in [0, 0.05) is 31.4 Å². The molecule has 3 N–H and O–H groups in total. The second kappa shape index (κ2) is 8.45. The summed E-state index contributed by atoms with van der Waals surface area (Å²) in [5, 5.41) is 8.48. The standard InChI is InChI=1S/C19H28N6O3/c1-4-20-17(22-12-13-6-5-9-21-15(13)28-3)25-10-7-14(8-11-25)19(2)16(26)23-18(27)24-19/h5-6,9,14H,4,7-8,10-12H2,1-3H3,(H,20,22)(H2,23,24,26,27). The van der Waals surface area contributed by atoms with E-state index in [0.29, 0.717) is 12.4 Å². The second-order valence-electron chi connectivity index (χ2n) is 7.21. The highest BCUT2D eigenvalue weighted by Gasteiger charge is 2.48. The monoisotopic (exact) mass is 388 g/mol. The Hall–Kier alpha value is -2.84. The van der Waals surface area contributed by atoms with Crippen LogP contribution in [-0.4, -0.2) is 60.1 Å². The van der Waals surface area contributed by atoms with Gasteiger partial charge in [0.15, 0.2) is 5.96 Å². The molecule has 9 heteroatoms. The molecular formula is C19H28N6O3. The summed E-state index contributed by atoms with van der Waals surface area (Å²) in [6, 6.07) is 3.41. The van der Waals surface area contributed by atoms with Crippen LogP contribution in [-0.2, 0) is 11.3 Å². The Morgan fingerprint density at radius 2 is 2.18 bits per heavy atom. The van der Waals surface area contributed by atoms with Gasteiger partial charge in [0.2, 0.25) is 5.88 Å². The summed E-state index contributed by atoms with van der Waals surface area (Å²) >= 11 is 0. The van der Waals surface area contributed by atoms with Crippen molar-refractivity contribution in [2.75, 3.05) is 26.7 Å². The molecule has 0 saturated carbocycles. The number of methoxy groups -OCH3 is 1. The van der Waals surface area contributed by atoms with Gasteiger partial charge in [-0.1, -0.05) is 6.07 Å². The number of likely N-dealkylation sites (tertiary alicyclic amines) is 1. The molecule has 1 unspecified atom stereocenters. The number of aliphatic imine (C=N–C) groups is 1. The molecular weight excluding hydrogens is 360 g/mol. The summed E-state index contributed by atoms with van der Waals surface area (Å²) in [4.78, 5) is 34.9. The number of hydrogen-bond acceptors (Lipinski definition) is 5. The van der Waals surface area contributed by atoms with Gasteiger partial charge in [-0.3, -0.25) is 10.1 Å². The Kier molecular flexibility index (Phi) is 6.01. The number of carbonyl (C=O) groups excluding carboxylic acids is 2. The fourth-order valence-corrected chi connectivity index (χ4v) is 3.83. The lowest BCUT2D eigenvalue weighted by atomic mass is 9.79. The molecule has 2 aliphatic heterocycles. The fraction of sp³-hybridized carbons (Fsp3) is 0.579. The number of amides is 3. The number of guanidine groups is 1. The molecule has 3 amide bonds. The van der Waals surface area contributed by atoms with Gasteiger partial charge in [0.25, 0.3) is 5.91 Å². The lowest BCUT2D eigenvalue weighted by Crippen LogP contribution is -2.55. The van der Waals surface area contributed by atoms with E-state index in [1.807, 2.05) is 26.0 Å². The average Bonchev–Trinajstić information content (AvgIpc) is 2.98. The largest absolute Gasteiger partial charge is 0.481 e. The molecule has 2 fully saturated rings. The number of nitrogens with zero attached hydrogens (tertiary/aromatic N) is 3. The van der Waals surface area contributed by atoms with Gasteiger partial charge in [-0.2, -0.15) is 0 Å². The van der Waals surface area contributed by atoms with E-state index >= 15 is 0 Å². The summed E-state index contributed by atoms with van der Waals surface area (Å²) in [6.07, 6.45) is 3.29. The van der Waals surface area contributed by atoms with E-state index < -0.39 is 11.6 Å². The number of rotatable bonds is 5. The number of nitrogens with one attached hydrogen (secondary N) is 3. The summed E-state index contributed by atoms with van der Waals surface area (Å²) < 4.78 is 5.30. The SMILES string of the molecule is CCNC(=NCc1cccnc1OC)N1CCC(C2(C)NC(=O)NC2=O)CC1. The first-order valence-electron chi connectivity index (χ1n) is 9.62. The third-order valence-electron chi connectivity index (χ3n) is 5.46. The van der Waals surface area contributed by atoms with Crippen LogP contribution in [0.5, 0.6) is 5.88 Å². The van der Waals surface area contributed by atoms with E-state index in [1.54, 1.807) is 13.3 Å². The molecule has 3 heterocycles. The Balaban J connectivity index is 1.66. The predicted molar refractivity (Wildman–Crippen MR) is 105 cm³/mol. The summed E-state index contributed by atoms with van der Waals surface area (Å²) in [6.45, 7) is 6.60. The molecule has 0 spiro atoms. The number of ether oxygens (including phenoxy) is 1. The number of aromatic nitrogens is 1. The number of hydrogen-bond donors (Lipinski definition) is 3. The molecule has 0 bridgehead atoms. The molecule has 0 aliphatic carbocycles. The van der Waals surface area contributed by atoms with Crippen molar-refractivity contribution < 1.29 is 14.3 Å². The number of pyridine rings is 1. The van der Waals surface area contributed by atoms with Crippen LogP contribution in [0.1, 0.15) is 32.3 Å². The van der Waals surface area contributed by atoms with E-state index in [-0.39, 0.29) is 11.8 Å². The van der Waals surface area contributed by atoms with Gasteiger partial charge < -0.3 is 20.3 Å². The van der Waals surface area contributed by atoms with Crippen LogP contribution in [0.25, 0.3) is 0 Å². The van der Waals surface area contributed by atoms with Crippen molar-refractivity contribution >= 4 is 17.9 Å². The number of imide groups is 1. The molecule has 2 saturated heterocycles. The predicted octanol–water partition coefficient (Wildman–Crippen LogP) is 0.866. The van der Waals surface area contributed by atoms with Gasteiger partial charge in [-0.05, 0) is 38.7 Å². The Morgan fingerprint density at radius 3 is 2.79 bits per heavy atom. The van der Waals surface area contributed by atoms with Crippen molar-refractivity contribution in [1.29, 1.82) is 0 Å². The molecule has 28 heavy (non-hydrogen) atoms. The van der Waals surface area contributed by atoms with E-state index in [9.17, 15) is 9.59 Å². The van der Waals surface area contributed by atoms with Crippen LogP contribution in [0.4, 0.5) is 4.79 Å². The maximum absolute atomic E-state index is 12.2. The Bertz CT molecular complexity index is 760. The topological polar surface area (TPSA) is 108 Å². The van der Waals surface area contributed by atoms with Crippen LogP contribution in [0.15, 0.2) is 23.3 Å². The van der Waals surface area contributed by atoms with Crippen LogP contribution < -0.4 is 20.7 Å². The summed E-state index contributed by atoms with van der Waals surface area (Å²) in [7, 11) is 1.60. The number of carbonyl (C=O) groups is 2. The van der Waals surface area contributed by atoms with Crippen molar-refractivity contribution in [3.05, 3.63) is 23.9 Å². The van der Waals surface area contributed by atoms with Crippen LogP contribution in [0.3, 0.4) is 0 Å². The van der Waals surface area contributed by atoms with Crippen molar-refractivity contribution in [3.63, 3.8) is 0 Å². The third kappa shape index (κ3) is 4.02. The molecule has 3 rings (SSSR count). The van der Waals surface area contributed by atoms with Gasteiger partial charge in [0.1, 0.15) is 5.54 Å². The Morgan fingerprint density at radius 1 is 1.43 bits per heavy atom. The molecule has 1 atom stereocenters. The second-order valence-corrected chi connectivity index (χ2v) is 7.21. The summed E-state index contributed by atoms with van der Waals surface area (Å²) in [5.74, 6) is 1.27. The zero-order chi connectivity index (χ0) is 20.1. The number of urea groups is 1. The minimum Gasteiger partial charge on any atom is -0.481 e. The van der Waals surface area contributed by atoms with Gasteiger partial charge >= 0.3 is 6.03 Å². The van der Waals surface area contributed by atoms with Gasteiger partial charge in [0.05, 0.1) is 13.7 Å². The van der Waals surface area contributed by atoms with Gasteiger partial charge in [-0.15, -0.1) is 0 Å². The molecule has 9 nitrogen and oxygen atoms in total. The normalized spacial score (nSPS) is 23.4. The molecule has 1 aromatic rings. The highest BCUT2D eigenvalue weighted by atomic mass is 16.5. The van der Waals surface area contributed by atoms with Crippen LogP contribution in [0, 0.1) is 5.92 Å². The first-order chi connectivity index (χ1) is 13.5. The first kappa shape index (κ1) is 19.9. The molecule has 1 aromatic heterocycles. The average molecular weight is 388 g/mol. The van der Waals surface area contributed by atoms with Crippen molar-refractivity contribution in [1.82, 2.24) is 25.8 Å². The van der Waals surface area contributed by atoms with Crippen molar-refractivity contribution in [3.8, 4) is 5.88 Å². The minimum absolute atomic E-state index is 0.0940. The quantitative estimate of drug-likeness (QED) is 0.392. The zero-order valence-corrected chi connectivity index (χ0v) is 16.6. The maximum atomic E-state index is 12.2. The van der Waals surface area contributed by atoms with Gasteiger partial charge in [-0.25, -0.2) is 14.8 Å². The first-order valence-corrected chi connectivity index (χ1v) is 9.62. The van der Waals surface area contributed by atoms with E-state index in [2.05, 4.69) is 25.8 Å². The van der Waals surface area contributed by atoms with E-state index in [4.69, 9.17) is 9.73 Å². The smallest absolute Gasteiger partial charge is 0.322 e. The lowest BCUT2D eigenvalue weighted by Gasteiger charge is -2.39. The number of piperidine rings is 1.